The summed E-state index contributed by atoms with van der Waals surface area (Å²) in [6, 6.07) is 14.6. The summed E-state index contributed by atoms with van der Waals surface area (Å²) in [6.07, 6.45) is 0.987. The molecule has 0 spiro atoms. The second kappa shape index (κ2) is 11.3. The number of carbonyl (C=O) groups is 1. The molecule has 3 N–H and O–H groups in total. The van der Waals surface area contributed by atoms with E-state index in [9.17, 15) is 9.90 Å². The maximum absolute atomic E-state index is 12.1. The van der Waals surface area contributed by atoms with Crippen molar-refractivity contribution >= 4 is 58.2 Å². The van der Waals surface area contributed by atoms with Gasteiger partial charge in [0.25, 0.3) is 9.70 Å². The predicted octanol–water partition coefficient (Wildman–Crippen LogP) is 4.94. The summed E-state index contributed by atoms with van der Waals surface area (Å²) in [7, 11) is 0. The van der Waals surface area contributed by atoms with Crippen molar-refractivity contribution in [3.8, 4) is 0 Å². The van der Waals surface area contributed by atoms with Crippen LogP contribution in [0.15, 0.2) is 60.0 Å². The molecule has 180 valence electrons. The van der Waals surface area contributed by atoms with Gasteiger partial charge in [-0.3, -0.25) is 9.89 Å². The number of benzene rings is 2. The van der Waals surface area contributed by atoms with Crippen LogP contribution < -0.4 is 5.32 Å². The van der Waals surface area contributed by atoms with Gasteiger partial charge in [-0.2, -0.15) is 5.10 Å². The summed E-state index contributed by atoms with van der Waals surface area (Å²) in [5, 5.41) is 19.3. The maximum Gasteiger partial charge on any atom is 0.276 e. The van der Waals surface area contributed by atoms with E-state index >= 15 is 0 Å². The number of nitrogens with one attached hydrogen (secondary N) is 2. The Hall–Kier alpha value is -1.85. The number of aliphatic hydroxyl groups excluding tert-OH is 1. The molecule has 1 amide bonds. The largest absolute Gasteiger partial charge is 0.392 e. The Morgan fingerprint density at radius 3 is 2.65 bits per heavy atom. The average molecular weight is 544 g/mol. The van der Waals surface area contributed by atoms with E-state index in [1.54, 1.807) is 18.2 Å². The van der Waals surface area contributed by atoms with Gasteiger partial charge in [-0.25, -0.2) is 4.98 Å². The highest BCUT2D eigenvalue weighted by Crippen LogP contribution is 2.39. The zero-order valence-electron chi connectivity index (χ0n) is 17.7. The summed E-state index contributed by atoms with van der Waals surface area (Å²) < 4.78 is 10.5. The van der Waals surface area contributed by atoms with Gasteiger partial charge in [0, 0.05) is 23.4 Å². The van der Waals surface area contributed by atoms with E-state index in [0.717, 1.165) is 11.1 Å². The molecule has 1 aromatic heterocycles. The molecule has 0 saturated carbocycles. The van der Waals surface area contributed by atoms with Crippen LogP contribution in [0, 0.1) is 0 Å². The van der Waals surface area contributed by atoms with Crippen LogP contribution in [0.5, 0.6) is 0 Å². The number of aromatic amines is 1. The zero-order chi connectivity index (χ0) is 24.1. The number of hydrogen-bond acceptors (Lipinski definition) is 7. The Labute approximate surface area is 215 Å². The minimum Gasteiger partial charge on any atom is -0.392 e. The van der Waals surface area contributed by atoms with Gasteiger partial charge in [-0.1, -0.05) is 83.0 Å². The highest BCUT2D eigenvalue weighted by molar-refractivity contribution is 7.99. The first-order chi connectivity index (χ1) is 16.3. The standard InChI is InChI=1S/C22H21Cl3N4O4S/c23-22(24,25)20(31)28-16-3-1-2-15(8-16)19-32-17(11-34-21-26-12-27-29-21)9-18(33-19)14-6-4-13(10-30)5-7-14/h1-8,12,17-19,30H,9-11H2,(H,28,31)(H,26,27,29)/t17-,18+,19+/m1/s1. The van der Waals surface area contributed by atoms with Crippen molar-refractivity contribution in [3.05, 3.63) is 71.5 Å². The molecule has 1 saturated heterocycles. The quantitative estimate of drug-likeness (QED) is 0.286. The fraction of sp³-hybridized carbons (Fsp3) is 0.318. The molecule has 1 aliphatic rings. The van der Waals surface area contributed by atoms with Crippen LogP contribution in [-0.2, 0) is 20.9 Å². The van der Waals surface area contributed by atoms with Crippen LogP contribution in [-0.4, -0.2) is 41.8 Å². The summed E-state index contributed by atoms with van der Waals surface area (Å²) in [4.78, 5) is 16.2. The first kappa shape index (κ1) is 25.2. The van der Waals surface area contributed by atoms with E-state index in [2.05, 4.69) is 20.5 Å². The lowest BCUT2D eigenvalue weighted by Gasteiger charge is -2.36. The number of anilines is 1. The molecule has 2 heterocycles. The Morgan fingerprint density at radius 1 is 1.18 bits per heavy atom. The number of aromatic nitrogens is 3. The van der Waals surface area contributed by atoms with Gasteiger partial charge >= 0.3 is 0 Å². The van der Waals surface area contributed by atoms with Gasteiger partial charge < -0.3 is 19.9 Å². The molecule has 3 aromatic rings. The van der Waals surface area contributed by atoms with Crippen molar-refractivity contribution < 1.29 is 19.4 Å². The van der Waals surface area contributed by atoms with Crippen molar-refractivity contribution in [2.75, 3.05) is 11.1 Å². The molecule has 8 nitrogen and oxygen atoms in total. The predicted molar refractivity (Wildman–Crippen MR) is 131 cm³/mol. The number of H-pyrrole nitrogens is 1. The third kappa shape index (κ3) is 6.63. The number of rotatable bonds is 7. The van der Waals surface area contributed by atoms with E-state index in [0.29, 0.717) is 28.6 Å². The summed E-state index contributed by atoms with van der Waals surface area (Å²) in [5.41, 5.74) is 2.94. The highest BCUT2D eigenvalue weighted by Gasteiger charge is 2.33. The van der Waals surface area contributed by atoms with E-state index in [-0.39, 0.29) is 18.8 Å². The molecule has 0 radical (unpaired) electrons. The van der Waals surface area contributed by atoms with Crippen molar-refractivity contribution in [3.63, 3.8) is 0 Å². The minimum absolute atomic E-state index is 0.0271. The highest BCUT2D eigenvalue weighted by atomic mass is 35.6. The molecule has 12 heteroatoms. The Kier molecular flexibility index (Phi) is 8.36. The van der Waals surface area contributed by atoms with E-state index in [1.807, 2.05) is 30.3 Å². The summed E-state index contributed by atoms with van der Waals surface area (Å²) in [6.45, 7) is -0.0271. The SMILES string of the molecule is O=C(Nc1cccc([C@H]2O[C@@H](CSc3ncn[nH]3)C[C@@H](c3ccc(CO)cc3)O2)c1)C(Cl)(Cl)Cl. The average Bonchev–Trinajstić information content (AvgIpc) is 3.36. The number of amides is 1. The van der Waals surface area contributed by atoms with Gasteiger partial charge in [0.05, 0.1) is 18.8 Å². The third-order valence-electron chi connectivity index (χ3n) is 5.09. The van der Waals surface area contributed by atoms with Crippen LogP contribution in [0.2, 0.25) is 0 Å². The Balaban J connectivity index is 1.54. The van der Waals surface area contributed by atoms with Crippen molar-refractivity contribution in [1.82, 2.24) is 15.2 Å². The number of thioether (sulfide) groups is 1. The normalized spacial score (nSPS) is 20.8. The summed E-state index contributed by atoms with van der Waals surface area (Å²) in [5.74, 6) is -0.132. The fourth-order valence-corrected chi connectivity index (χ4v) is 4.36. The second-order valence-electron chi connectivity index (χ2n) is 7.53. The third-order valence-corrected chi connectivity index (χ3v) is 6.61. The molecule has 1 fully saturated rings. The molecule has 0 unspecified atom stereocenters. The van der Waals surface area contributed by atoms with Gasteiger partial charge in [-0.15, -0.1) is 0 Å². The molecular formula is C22H21Cl3N4O4S. The van der Waals surface area contributed by atoms with E-state index in [4.69, 9.17) is 44.3 Å². The van der Waals surface area contributed by atoms with Gasteiger partial charge in [0.1, 0.15) is 6.33 Å². The first-order valence-corrected chi connectivity index (χ1v) is 12.4. The number of ether oxygens (including phenoxy) is 2. The van der Waals surface area contributed by atoms with Gasteiger partial charge in [0.2, 0.25) is 0 Å². The Morgan fingerprint density at radius 2 is 1.97 bits per heavy atom. The number of nitrogens with zero attached hydrogens (tertiary/aromatic N) is 2. The topological polar surface area (TPSA) is 109 Å². The molecule has 1 aliphatic heterocycles. The van der Waals surface area contributed by atoms with Crippen LogP contribution in [0.25, 0.3) is 0 Å². The minimum atomic E-state index is -2.08. The van der Waals surface area contributed by atoms with Gasteiger partial charge in [0.15, 0.2) is 11.4 Å². The van der Waals surface area contributed by atoms with Crippen molar-refractivity contribution in [1.29, 1.82) is 0 Å². The van der Waals surface area contributed by atoms with Crippen LogP contribution >= 0.6 is 46.6 Å². The van der Waals surface area contributed by atoms with E-state index < -0.39 is 16.0 Å². The summed E-state index contributed by atoms with van der Waals surface area (Å²) >= 11 is 18.5. The Bertz CT molecular complexity index is 1100. The number of alkyl halides is 3. The maximum atomic E-state index is 12.1. The second-order valence-corrected chi connectivity index (χ2v) is 10.8. The number of hydrogen-bond donors (Lipinski definition) is 3. The monoisotopic (exact) mass is 542 g/mol. The molecule has 0 aliphatic carbocycles. The lowest BCUT2D eigenvalue weighted by atomic mass is 10.0. The number of carbonyl (C=O) groups excluding carboxylic acids is 1. The number of halogens is 3. The lowest BCUT2D eigenvalue weighted by molar-refractivity contribution is -0.245. The molecule has 2 aromatic carbocycles. The fourth-order valence-electron chi connectivity index (χ4n) is 3.42. The zero-order valence-corrected chi connectivity index (χ0v) is 20.7. The van der Waals surface area contributed by atoms with E-state index in [1.165, 1.54) is 18.1 Å². The molecule has 3 atom stereocenters. The molecular weight excluding hydrogens is 523 g/mol. The van der Waals surface area contributed by atoms with Crippen molar-refractivity contribution in [2.45, 2.75) is 40.5 Å². The first-order valence-electron chi connectivity index (χ1n) is 10.3. The van der Waals surface area contributed by atoms with Gasteiger partial charge in [-0.05, 0) is 23.3 Å². The molecule has 0 bridgehead atoms. The molecule has 34 heavy (non-hydrogen) atoms. The van der Waals surface area contributed by atoms with Crippen LogP contribution in [0.4, 0.5) is 5.69 Å². The van der Waals surface area contributed by atoms with Crippen molar-refractivity contribution in [2.24, 2.45) is 0 Å². The van der Waals surface area contributed by atoms with Crippen LogP contribution in [0.1, 0.15) is 35.5 Å². The smallest absolute Gasteiger partial charge is 0.276 e. The molecule has 4 rings (SSSR count). The number of aliphatic hydroxyl groups is 1. The van der Waals surface area contributed by atoms with Crippen LogP contribution in [0.3, 0.4) is 0 Å². The lowest BCUT2D eigenvalue weighted by Crippen LogP contribution is -2.31.